The van der Waals surface area contributed by atoms with E-state index >= 15 is 0 Å². The van der Waals surface area contributed by atoms with Gasteiger partial charge in [0, 0.05) is 12.6 Å². The second-order valence-electron chi connectivity index (χ2n) is 5.72. The van der Waals surface area contributed by atoms with Crippen molar-refractivity contribution in [1.82, 2.24) is 4.90 Å². The number of likely N-dealkylation sites (N-methyl/N-ethyl adjacent to an activating group) is 1. The lowest BCUT2D eigenvalue weighted by atomic mass is 9.94. The molecule has 0 aliphatic rings. The molecule has 0 bridgehead atoms. The molecule has 112 valence electrons. The van der Waals surface area contributed by atoms with Crippen LogP contribution < -0.4 is 0 Å². The number of aryl methyl sites for hydroxylation is 1. The highest BCUT2D eigenvalue weighted by Gasteiger charge is 2.20. The fourth-order valence-corrected chi connectivity index (χ4v) is 2.41. The highest BCUT2D eigenvalue weighted by atomic mass is 19.1. The number of benzene rings is 1. The average molecular weight is 281 g/mol. The predicted octanol–water partition coefficient (Wildman–Crippen LogP) is 3.11. The van der Waals surface area contributed by atoms with E-state index in [0.717, 1.165) is 12.0 Å². The summed E-state index contributed by atoms with van der Waals surface area (Å²) in [5.41, 5.74) is 1.74. The molecule has 0 aliphatic heterocycles. The minimum atomic E-state index is -0.781. The van der Waals surface area contributed by atoms with Gasteiger partial charge in [0.1, 0.15) is 5.82 Å². The van der Waals surface area contributed by atoms with Crippen molar-refractivity contribution in [1.29, 1.82) is 0 Å². The van der Waals surface area contributed by atoms with Crippen LogP contribution in [-0.2, 0) is 11.2 Å². The molecule has 1 atom stereocenters. The Balaban J connectivity index is 2.75. The molecule has 0 saturated heterocycles. The molecule has 0 aliphatic carbocycles. The van der Waals surface area contributed by atoms with E-state index in [1.807, 2.05) is 19.2 Å². The highest BCUT2D eigenvalue weighted by Crippen LogP contribution is 2.18. The van der Waals surface area contributed by atoms with Crippen molar-refractivity contribution < 1.29 is 14.3 Å². The summed E-state index contributed by atoms with van der Waals surface area (Å²) in [5, 5.41) is 8.77. The zero-order valence-electron chi connectivity index (χ0n) is 12.7. The maximum absolute atomic E-state index is 13.3. The molecule has 4 heteroatoms. The van der Waals surface area contributed by atoms with Gasteiger partial charge in [-0.15, -0.1) is 0 Å². The first-order valence-electron chi connectivity index (χ1n) is 6.98. The number of hydrogen-bond acceptors (Lipinski definition) is 2. The Bertz CT molecular complexity index is 460. The molecule has 0 saturated carbocycles. The topological polar surface area (TPSA) is 40.5 Å². The lowest BCUT2D eigenvalue weighted by molar-refractivity contribution is -0.137. The number of carboxylic acids is 1. The summed E-state index contributed by atoms with van der Waals surface area (Å²) < 4.78 is 13.3. The summed E-state index contributed by atoms with van der Waals surface area (Å²) in [6, 6.07) is 5.43. The Morgan fingerprint density at radius 1 is 1.40 bits per heavy atom. The number of carboxylic acid groups (broad SMARTS) is 1. The van der Waals surface area contributed by atoms with E-state index in [4.69, 9.17) is 5.11 Å². The molecule has 0 fully saturated rings. The van der Waals surface area contributed by atoms with Gasteiger partial charge in [0.15, 0.2) is 0 Å². The number of hydrogen-bond donors (Lipinski definition) is 1. The summed E-state index contributed by atoms with van der Waals surface area (Å²) in [4.78, 5) is 12.7. The average Bonchev–Trinajstić information content (AvgIpc) is 2.36. The molecule has 1 rings (SSSR count). The van der Waals surface area contributed by atoms with Crippen LogP contribution >= 0.6 is 0 Å². The Hall–Kier alpha value is -1.42. The number of aliphatic carboxylic acids is 1. The standard InChI is InChI=1S/C16H24FNO2/c1-11(2)15(18(4)8-7-16(19)20)10-13-5-6-14(17)12(3)9-13/h5-6,9,11,15H,7-8,10H2,1-4H3,(H,19,20). The van der Waals surface area contributed by atoms with E-state index in [1.165, 1.54) is 6.07 Å². The Morgan fingerprint density at radius 2 is 2.05 bits per heavy atom. The number of carbonyl (C=O) groups is 1. The molecule has 0 spiro atoms. The van der Waals surface area contributed by atoms with Crippen LogP contribution in [0.5, 0.6) is 0 Å². The minimum Gasteiger partial charge on any atom is -0.481 e. The molecule has 1 aromatic carbocycles. The monoisotopic (exact) mass is 281 g/mol. The van der Waals surface area contributed by atoms with Crippen LogP contribution in [0.15, 0.2) is 18.2 Å². The SMILES string of the molecule is Cc1cc(CC(C(C)C)N(C)CCC(=O)O)ccc1F. The van der Waals surface area contributed by atoms with Crippen LogP contribution in [0.25, 0.3) is 0 Å². The molecule has 0 aromatic heterocycles. The van der Waals surface area contributed by atoms with Crippen molar-refractivity contribution in [3.05, 3.63) is 35.1 Å². The predicted molar refractivity (Wildman–Crippen MR) is 78.3 cm³/mol. The van der Waals surface area contributed by atoms with Gasteiger partial charge in [0.05, 0.1) is 6.42 Å². The van der Waals surface area contributed by atoms with Crippen molar-refractivity contribution in [3.63, 3.8) is 0 Å². The molecular formula is C16H24FNO2. The molecule has 1 N–H and O–H groups in total. The van der Waals surface area contributed by atoms with Gasteiger partial charge in [-0.05, 0) is 43.5 Å². The van der Waals surface area contributed by atoms with Crippen molar-refractivity contribution in [2.24, 2.45) is 5.92 Å². The number of nitrogens with zero attached hydrogens (tertiary/aromatic N) is 1. The van der Waals surface area contributed by atoms with Crippen molar-refractivity contribution in [2.45, 2.75) is 39.7 Å². The van der Waals surface area contributed by atoms with Gasteiger partial charge in [0.2, 0.25) is 0 Å². The van der Waals surface area contributed by atoms with Crippen LogP contribution in [0.2, 0.25) is 0 Å². The van der Waals surface area contributed by atoms with Crippen LogP contribution in [0.1, 0.15) is 31.4 Å². The Kier molecular flexibility index (Phi) is 6.14. The fraction of sp³-hybridized carbons (Fsp3) is 0.562. The Labute approximate surface area is 120 Å². The molecular weight excluding hydrogens is 257 g/mol. The number of halogens is 1. The summed E-state index contributed by atoms with van der Waals surface area (Å²) in [7, 11) is 1.95. The summed E-state index contributed by atoms with van der Waals surface area (Å²) >= 11 is 0. The van der Waals surface area contributed by atoms with Crippen LogP contribution in [-0.4, -0.2) is 35.6 Å². The molecule has 1 aromatic rings. The van der Waals surface area contributed by atoms with Crippen molar-refractivity contribution in [3.8, 4) is 0 Å². The minimum absolute atomic E-state index is 0.141. The first-order valence-corrected chi connectivity index (χ1v) is 6.98. The zero-order chi connectivity index (χ0) is 15.3. The number of rotatable bonds is 7. The first kappa shape index (κ1) is 16.6. The molecule has 1 unspecified atom stereocenters. The van der Waals surface area contributed by atoms with Gasteiger partial charge in [-0.3, -0.25) is 4.79 Å². The fourth-order valence-electron chi connectivity index (χ4n) is 2.41. The Morgan fingerprint density at radius 3 is 2.55 bits per heavy atom. The van der Waals surface area contributed by atoms with Gasteiger partial charge in [-0.2, -0.15) is 0 Å². The van der Waals surface area contributed by atoms with Crippen LogP contribution in [0, 0.1) is 18.7 Å². The molecule has 0 amide bonds. The molecule has 0 heterocycles. The summed E-state index contributed by atoms with van der Waals surface area (Å²) in [6.07, 6.45) is 0.942. The van der Waals surface area contributed by atoms with E-state index in [1.54, 1.807) is 6.92 Å². The highest BCUT2D eigenvalue weighted by molar-refractivity contribution is 5.66. The maximum Gasteiger partial charge on any atom is 0.304 e. The van der Waals surface area contributed by atoms with Crippen LogP contribution in [0.4, 0.5) is 4.39 Å². The van der Waals surface area contributed by atoms with E-state index in [9.17, 15) is 9.18 Å². The van der Waals surface area contributed by atoms with Crippen molar-refractivity contribution >= 4 is 5.97 Å². The second kappa shape index (κ2) is 7.39. The smallest absolute Gasteiger partial charge is 0.304 e. The third kappa shape index (κ3) is 4.93. The summed E-state index contributed by atoms with van der Waals surface area (Å²) in [6.45, 7) is 6.53. The zero-order valence-corrected chi connectivity index (χ0v) is 12.7. The molecule has 20 heavy (non-hydrogen) atoms. The normalized spacial score (nSPS) is 12.9. The second-order valence-corrected chi connectivity index (χ2v) is 5.72. The van der Waals surface area contributed by atoms with Gasteiger partial charge in [0.25, 0.3) is 0 Å². The van der Waals surface area contributed by atoms with Gasteiger partial charge >= 0.3 is 5.97 Å². The van der Waals surface area contributed by atoms with E-state index in [-0.39, 0.29) is 18.3 Å². The molecule has 3 nitrogen and oxygen atoms in total. The van der Waals surface area contributed by atoms with Crippen LogP contribution in [0.3, 0.4) is 0 Å². The lowest BCUT2D eigenvalue weighted by Gasteiger charge is -2.31. The summed E-state index contributed by atoms with van der Waals surface area (Å²) in [5.74, 6) is -0.565. The van der Waals surface area contributed by atoms with Gasteiger partial charge < -0.3 is 10.0 Å². The molecule has 0 radical (unpaired) electrons. The van der Waals surface area contributed by atoms with E-state index in [0.29, 0.717) is 18.0 Å². The van der Waals surface area contributed by atoms with E-state index in [2.05, 4.69) is 18.7 Å². The largest absolute Gasteiger partial charge is 0.481 e. The first-order chi connectivity index (χ1) is 9.31. The van der Waals surface area contributed by atoms with Gasteiger partial charge in [-0.25, -0.2) is 4.39 Å². The lowest BCUT2D eigenvalue weighted by Crippen LogP contribution is -2.39. The van der Waals surface area contributed by atoms with E-state index < -0.39 is 5.97 Å². The third-order valence-electron chi connectivity index (χ3n) is 3.68. The maximum atomic E-state index is 13.3. The third-order valence-corrected chi connectivity index (χ3v) is 3.68. The van der Waals surface area contributed by atoms with Crippen molar-refractivity contribution in [2.75, 3.05) is 13.6 Å². The van der Waals surface area contributed by atoms with Gasteiger partial charge in [-0.1, -0.05) is 26.0 Å². The quantitative estimate of drug-likeness (QED) is 0.835.